The van der Waals surface area contributed by atoms with Gasteiger partial charge in [0, 0.05) is 12.6 Å². The van der Waals surface area contributed by atoms with Gasteiger partial charge in [0.05, 0.1) is 17.6 Å². The van der Waals surface area contributed by atoms with Crippen molar-refractivity contribution in [2.45, 2.75) is 20.0 Å². The third-order valence-corrected chi connectivity index (χ3v) is 3.56. The molecule has 3 aromatic rings. The highest BCUT2D eigenvalue weighted by Crippen LogP contribution is 2.20. The summed E-state index contributed by atoms with van der Waals surface area (Å²) in [5.74, 6) is 0.496. The highest BCUT2D eigenvalue weighted by atomic mass is 19.1. The van der Waals surface area contributed by atoms with Crippen LogP contribution in [0.15, 0.2) is 42.5 Å². The molecule has 4 heteroatoms. The number of halogens is 1. The van der Waals surface area contributed by atoms with Crippen LogP contribution in [0.25, 0.3) is 11.0 Å². The van der Waals surface area contributed by atoms with Gasteiger partial charge < -0.3 is 10.3 Å². The number of rotatable bonds is 3. The van der Waals surface area contributed by atoms with E-state index >= 15 is 0 Å². The quantitative estimate of drug-likeness (QED) is 0.794. The molecule has 0 spiro atoms. The van der Waals surface area contributed by atoms with Crippen molar-refractivity contribution in [1.29, 1.82) is 0 Å². The zero-order valence-corrected chi connectivity index (χ0v) is 11.3. The highest BCUT2D eigenvalue weighted by Gasteiger charge is 2.11. The lowest BCUT2D eigenvalue weighted by Gasteiger charge is -2.10. The zero-order chi connectivity index (χ0) is 14.1. The van der Waals surface area contributed by atoms with Gasteiger partial charge in [-0.2, -0.15) is 0 Å². The van der Waals surface area contributed by atoms with Crippen LogP contribution in [-0.2, 0) is 13.1 Å². The number of aryl methyl sites for hydroxylation is 1. The Morgan fingerprint density at radius 3 is 2.75 bits per heavy atom. The molecule has 0 amide bonds. The molecule has 0 aliphatic heterocycles. The SMILES string of the molecule is Cc1ccccc1Cn1c(CN)nc2cc(F)ccc21. The van der Waals surface area contributed by atoms with Crippen molar-refractivity contribution in [3.63, 3.8) is 0 Å². The van der Waals surface area contributed by atoms with Crippen molar-refractivity contribution < 1.29 is 4.39 Å². The lowest BCUT2D eigenvalue weighted by atomic mass is 10.1. The predicted octanol–water partition coefficient (Wildman–Crippen LogP) is 2.99. The summed E-state index contributed by atoms with van der Waals surface area (Å²) in [5.41, 5.74) is 9.77. The third-order valence-electron chi connectivity index (χ3n) is 3.56. The van der Waals surface area contributed by atoms with Crippen LogP contribution < -0.4 is 5.73 Å². The fraction of sp³-hybridized carbons (Fsp3) is 0.188. The molecule has 102 valence electrons. The average Bonchev–Trinajstić information content (AvgIpc) is 2.78. The average molecular weight is 269 g/mol. The molecule has 0 saturated heterocycles. The molecule has 0 atom stereocenters. The second kappa shape index (κ2) is 5.06. The number of hydrogen-bond donors (Lipinski definition) is 1. The lowest BCUT2D eigenvalue weighted by Crippen LogP contribution is -2.10. The number of nitrogens with two attached hydrogens (primary N) is 1. The first kappa shape index (κ1) is 12.8. The van der Waals surface area contributed by atoms with Gasteiger partial charge in [0.2, 0.25) is 0 Å². The molecule has 0 aliphatic rings. The van der Waals surface area contributed by atoms with Crippen LogP contribution in [0.2, 0.25) is 0 Å². The molecule has 1 heterocycles. The van der Waals surface area contributed by atoms with E-state index in [4.69, 9.17) is 5.73 Å². The van der Waals surface area contributed by atoms with Gasteiger partial charge >= 0.3 is 0 Å². The van der Waals surface area contributed by atoms with E-state index in [1.165, 1.54) is 23.3 Å². The topological polar surface area (TPSA) is 43.8 Å². The highest BCUT2D eigenvalue weighted by molar-refractivity contribution is 5.76. The molecule has 3 rings (SSSR count). The molecule has 0 unspecified atom stereocenters. The lowest BCUT2D eigenvalue weighted by molar-refractivity contribution is 0.629. The smallest absolute Gasteiger partial charge is 0.125 e. The normalized spacial score (nSPS) is 11.2. The summed E-state index contributed by atoms with van der Waals surface area (Å²) < 4.78 is 15.3. The van der Waals surface area contributed by atoms with Crippen molar-refractivity contribution in [2.75, 3.05) is 0 Å². The van der Waals surface area contributed by atoms with Crippen LogP contribution in [0.5, 0.6) is 0 Å². The monoisotopic (exact) mass is 269 g/mol. The second-order valence-electron chi connectivity index (χ2n) is 4.88. The predicted molar refractivity (Wildman–Crippen MR) is 77.9 cm³/mol. The molecule has 2 aromatic carbocycles. The van der Waals surface area contributed by atoms with E-state index in [2.05, 4.69) is 28.6 Å². The van der Waals surface area contributed by atoms with Crippen LogP contribution in [0, 0.1) is 12.7 Å². The molecule has 20 heavy (non-hydrogen) atoms. The minimum Gasteiger partial charge on any atom is -0.324 e. The van der Waals surface area contributed by atoms with E-state index in [1.807, 2.05) is 12.1 Å². The van der Waals surface area contributed by atoms with Gasteiger partial charge in [0.1, 0.15) is 11.6 Å². The minimum absolute atomic E-state index is 0.276. The summed E-state index contributed by atoms with van der Waals surface area (Å²) in [4.78, 5) is 4.42. The van der Waals surface area contributed by atoms with Gasteiger partial charge in [-0.15, -0.1) is 0 Å². The van der Waals surface area contributed by atoms with Crippen LogP contribution >= 0.6 is 0 Å². The summed E-state index contributed by atoms with van der Waals surface area (Å²) in [6.07, 6.45) is 0. The van der Waals surface area contributed by atoms with E-state index in [1.54, 1.807) is 6.07 Å². The number of benzene rings is 2. The molecule has 0 fully saturated rings. The Kier molecular flexibility index (Phi) is 3.24. The molecule has 0 bridgehead atoms. The van der Waals surface area contributed by atoms with Gasteiger partial charge in [0.15, 0.2) is 0 Å². The molecule has 0 aliphatic carbocycles. The van der Waals surface area contributed by atoms with E-state index in [-0.39, 0.29) is 5.82 Å². The van der Waals surface area contributed by atoms with E-state index < -0.39 is 0 Å². The fourth-order valence-electron chi connectivity index (χ4n) is 2.44. The van der Waals surface area contributed by atoms with Gasteiger partial charge in [-0.05, 0) is 30.2 Å². The summed E-state index contributed by atoms with van der Waals surface area (Å²) in [7, 11) is 0. The maximum Gasteiger partial charge on any atom is 0.125 e. The Hall–Kier alpha value is -2.20. The number of hydrogen-bond acceptors (Lipinski definition) is 2. The number of imidazole rings is 1. The zero-order valence-electron chi connectivity index (χ0n) is 11.3. The van der Waals surface area contributed by atoms with Crippen molar-refractivity contribution in [1.82, 2.24) is 9.55 Å². The number of nitrogens with zero attached hydrogens (tertiary/aromatic N) is 2. The molecular formula is C16H16FN3. The maximum atomic E-state index is 13.3. The van der Waals surface area contributed by atoms with Crippen LogP contribution in [0.1, 0.15) is 17.0 Å². The molecule has 1 aromatic heterocycles. The molecule has 0 radical (unpaired) electrons. The van der Waals surface area contributed by atoms with Crippen molar-refractivity contribution >= 4 is 11.0 Å². The van der Waals surface area contributed by atoms with E-state index in [9.17, 15) is 4.39 Å². The first-order chi connectivity index (χ1) is 9.69. The van der Waals surface area contributed by atoms with Crippen molar-refractivity contribution in [3.05, 3.63) is 65.2 Å². The van der Waals surface area contributed by atoms with Gasteiger partial charge in [0.25, 0.3) is 0 Å². The van der Waals surface area contributed by atoms with E-state index in [0.29, 0.717) is 18.6 Å². The third kappa shape index (κ3) is 2.18. The summed E-state index contributed by atoms with van der Waals surface area (Å²) in [5, 5.41) is 0. The van der Waals surface area contributed by atoms with Gasteiger partial charge in [-0.1, -0.05) is 24.3 Å². The summed E-state index contributed by atoms with van der Waals surface area (Å²) in [6, 6.07) is 12.9. The summed E-state index contributed by atoms with van der Waals surface area (Å²) in [6.45, 7) is 3.11. The van der Waals surface area contributed by atoms with E-state index in [0.717, 1.165) is 11.3 Å². The molecule has 0 saturated carbocycles. The van der Waals surface area contributed by atoms with Crippen LogP contribution in [0.4, 0.5) is 4.39 Å². The Morgan fingerprint density at radius 1 is 1.20 bits per heavy atom. The minimum atomic E-state index is -0.276. The number of fused-ring (bicyclic) bond motifs is 1. The van der Waals surface area contributed by atoms with Crippen LogP contribution in [-0.4, -0.2) is 9.55 Å². The first-order valence-electron chi connectivity index (χ1n) is 6.58. The Morgan fingerprint density at radius 2 is 2.00 bits per heavy atom. The molecular weight excluding hydrogens is 253 g/mol. The van der Waals surface area contributed by atoms with Gasteiger partial charge in [-0.3, -0.25) is 0 Å². The van der Waals surface area contributed by atoms with Crippen LogP contribution in [0.3, 0.4) is 0 Å². The Balaban J connectivity index is 2.12. The standard InChI is InChI=1S/C16H16FN3/c1-11-4-2-3-5-12(11)10-20-15-7-6-13(17)8-14(15)19-16(20)9-18/h2-8H,9-10,18H2,1H3. The first-order valence-corrected chi connectivity index (χ1v) is 6.58. The molecule has 2 N–H and O–H groups in total. The second-order valence-corrected chi connectivity index (χ2v) is 4.88. The molecule has 3 nitrogen and oxygen atoms in total. The maximum absolute atomic E-state index is 13.3. The number of aromatic nitrogens is 2. The summed E-state index contributed by atoms with van der Waals surface area (Å²) >= 11 is 0. The largest absolute Gasteiger partial charge is 0.324 e. The Bertz CT molecular complexity index is 762. The van der Waals surface area contributed by atoms with Crippen molar-refractivity contribution in [2.24, 2.45) is 5.73 Å². The fourth-order valence-corrected chi connectivity index (χ4v) is 2.44. The van der Waals surface area contributed by atoms with Crippen molar-refractivity contribution in [3.8, 4) is 0 Å². The van der Waals surface area contributed by atoms with Gasteiger partial charge in [-0.25, -0.2) is 9.37 Å². The Labute approximate surface area is 116 Å².